The van der Waals surface area contributed by atoms with Gasteiger partial charge in [0.05, 0.1) is 33.5 Å². The van der Waals surface area contributed by atoms with Gasteiger partial charge in [-0.05, 0) is 36.4 Å². The molecule has 0 atom stereocenters. The molecule has 0 N–H and O–H groups in total. The number of anilines is 1. The summed E-state index contributed by atoms with van der Waals surface area (Å²) in [6.07, 6.45) is 3.26. The summed E-state index contributed by atoms with van der Waals surface area (Å²) in [7, 11) is 0. The number of hydrogen-bond donors (Lipinski definition) is 0. The molecule has 3 aromatic rings. The molecular weight excluding hydrogens is 357 g/mol. The molecule has 2 aromatic carbocycles. The minimum Gasteiger partial charge on any atom is -0.268 e. The van der Waals surface area contributed by atoms with Crippen molar-refractivity contribution >= 4 is 57.0 Å². The third-order valence-corrected chi connectivity index (χ3v) is 4.91. The molecule has 2 heterocycles. The fourth-order valence-electron chi connectivity index (χ4n) is 2.48. The average Bonchev–Trinajstić information content (AvgIpc) is 2.88. The van der Waals surface area contributed by atoms with Gasteiger partial charge in [0.25, 0.3) is 5.91 Å². The van der Waals surface area contributed by atoms with Crippen molar-refractivity contribution < 1.29 is 9.18 Å². The van der Waals surface area contributed by atoms with E-state index in [1.165, 1.54) is 17.0 Å². The van der Waals surface area contributed by atoms with Gasteiger partial charge in [-0.15, -0.1) is 0 Å². The van der Waals surface area contributed by atoms with Crippen LogP contribution < -0.4 is 4.90 Å². The minimum atomic E-state index is -0.420. The average molecular weight is 367 g/mol. The smallest absolute Gasteiger partial charge is 0.268 e. The fraction of sp³-hybridized carbons (Fsp3) is 0. The molecule has 7 heteroatoms. The Labute approximate surface area is 152 Å². The number of carbonyl (C=O) groups excluding carboxylic acids is 1. The lowest BCUT2D eigenvalue weighted by molar-refractivity contribution is -0.113. The van der Waals surface area contributed by atoms with Crippen LogP contribution in [0.1, 0.15) is 5.69 Å². The largest absolute Gasteiger partial charge is 0.270 e. The van der Waals surface area contributed by atoms with Crippen molar-refractivity contribution in [2.24, 2.45) is 0 Å². The number of fused-ring (bicyclic) bond motifs is 1. The van der Waals surface area contributed by atoms with Crippen LogP contribution in [0.15, 0.2) is 59.6 Å². The molecule has 0 bridgehead atoms. The molecule has 1 aromatic heterocycles. The van der Waals surface area contributed by atoms with Gasteiger partial charge in [0.2, 0.25) is 0 Å². The molecule has 25 heavy (non-hydrogen) atoms. The third-order valence-electron chi connectivity index (χ3n) is 3.61. The predicted molar refractivity (Wildman–Crippen MR) is 102 cm³/mol. The summed E-state index contributed by atoms with van der Waals surface area (Å²) in [4.78, 5) is 23.2. The van der Waals surface area contributed by atoms with Gasteiger partial charge in [0.15, 0.2) is 4.32 Å². The summed E-state index contributed by atoms with van der Waals surface area (Å²) in [6.45, 7) is 0. The molecular formula is C18H10FN3OS2. The molecule has 0 aliphatic carbocycles. The Balaban J connectivity index is 1.69. The summed E-state index contributed by atoms with van der Waals surface area (Å²) in [5, 5.41) is 0. The first-order valence-electron chi connectivity index (χ1n) is 7.37. The zero-order chi connectivity index (χ0) is 17.4. The maximum Gasteiger partial charge on any atom is 0.270 e. The van der Waals surface area contributed by atoms with E-state index in [0.717, 1.165) is 22.8 Å². The highest BCUT2D eigenvalue weighted by molar-refractivity contribution is 8.27. The van der Waals surface area contributed by atoms with Gasteiger partial charge in [-0.25, -0.2) is 9.37 Å². The predicted octanol–water partition coefficient (Wildman–Crippen LogP) is 4.17. The molecule has 1 saturated heterocycles. The Morgan fingerprint density at radius 2 is 1.92 bits per heavy atom. The molecule has 1 fully saturated rings. The van der Waals surface area contributed by atoms with Crippen molar-refractivity contribution in [3.05, 3.63) is 71.1 Å². The first kappa shape index (κ1) is 15.9. The standard InChI is InChI=1S/C18H10FN3OS2/c19-11-4-3-5-13(8-11)22-17(23)16(25-18(22)24)9-12-10-20-14-6-1-2-7-15(14)21-12/h1-10H/b16-9-. The normalized spacial score (nSPS) is 16.2. The molecule has 1 aliphatic rings. The zero-order valence-corrected chi connectivity index (χ0v) is 14.4. The molecule has 4 rings (SSSR count). The van der Waals surface area contributed by atoms with E-state index in [-0.39, 0.29) is 5.91 Å². The zero-order valence-electron chi connectivity index (χ0n) is 12.7. The maximum absolute atomic E-state index is 13.4. The number of amides is 1. The van der Waals surface area contributed by atoms with Crippen molar-refractivity contribution in [1.82, 2.24) is 9.97 Å². The van der Waals surface area contributed by atoms with Crippen LogP contribution in [-0.4, -0.2) is 20.2 Å². The first-order chi connectivity index (χ1) is 12.1. The third kappa shape index (κ3) is 3.04. The number of nitrogens with zero attached hydrogens (tertiary/aromatic N) is 3. The Morgan fingerprint density at radius 3 is 2.72 bits per heavy atom. The maximum atomic E-state index is 13.4. The molecule has 1 amide bonds. The van der Waals surface area contributed by atoms with Gasteiger partial charge in [0.1, 0.15) is 5.82 Å². The van der Waals surface area contributed by atoms with Crippen LogP contribution in [0.25, 0.3) is 17.1 Å². The van der Waals surface area contributed by atoms with Crippen molar-refractivity contribution in [1.29, 1.82) is 0 Å². The van der Waals surface area contributed by atoms with E-state index in [9.17, 15) is 9.18 Å². The van der Waals surface area contributed by atoms with E-state index in [4.69, 9.17) is 12.2 Å². The Hall–Kier alpha value is -2.64. The molecule has 0 radical (unpaired) electrons. The Kier molecular flexibility index (Phi) is 4.03. The number of thioether (sulfide) groups is 1. The summed E-state index contributed by atoms with van der Waals surface area (Å²) < 4.78 is 13.8. The lowest BCUT2D eigenvalue weighted by atomic mass is 10.2. The van der Waals surface area contributed by atoms with Gasteiger partial charge in [-0.1, -0.05) is 42.2 Å². The highest BCUT2D eigenvalue weighted by Gasteiger charge is 2.33. The lowest BCUT2D eigenvalue weighted by Crippen LogP contribution is -2.27. The minimum absolute atomic E-state index is 0.296. The highest BCUT2D eigenvalue weighted by atomic mass is 32.2. The molecule has 1 aliphatic heterocycles. The monoisotopic (exact) mass is 367 g/mol. The second-order valence-electron chi connectivity index (χ2n) is 5.28. The van der Waals surface area contributed by atoms with E-state index in [1.807, 2.05) is 24.3 Å². The van der Waals surface area contributed by atoms with Crippen LogP contribution in [0, 0.1) is 5.82 Å². The fourth-order valence-corrected chi connectivity index (χ4v) is 3.76. The molecule has 0 unspecified atom stereocenters. The van der Waals surface area contributed by atoms with Crippen LogP contribution in [0.3, 0.4) is 0 Å². The van der Waals surface area contributed by atoms with Gasteiger partial charge >= 0.3 is 0 Å². The number of hydrogen-bond acceptors (Lipinski definition) is 5. The van der Waals surface area contributed by atoms with Gasteiger partial charge < -0.3 is 0 Å². The van der Waals surface area contributed by atoms with Crippen LogP contribution in [0.5, 0.6) is 0 Å². The number of para-hydroxylation sites is 2. The van der Waals surface area contributed by atoms with E-state index in [0.29, 0.717) is 20.6 Å². The Bertz CT molecular complexity index is 1050. The second kappa shape index (κ2) is 6.34. The number of halogens is 1. The topological polar surface area (TPSA) is 46.1 Å². The van der Waals surface area contributed by atoms with Crippen molar-refractivity contribution in [3.8, 4) is 0 Å². The van der Waals surface area contributed by atoms with E-state index < -0.39 is 5.82 Å². The molecule has 0 spiro atoms. The van der Waals surface area contributed by atoms with Crippen LogP contribution in [0.2, 0.25) is 0 Å². The quantitative estimate of drug-likeness (QED) is 0.502. The molecule has 0 saturated carbocycles. The van der Waals surface area contributed by atoms with E-state index >= 15 is 0 Å². The molecule has 4 nitrogen and oxygen atoms in total. The Morgan fingerprint density at radius 1 is 1.12 bits per heavy atom. The van der Waals surface area contributed by atoms with Crippen LogP contribution >= 0.6 is 24.0 Å². The first-order valence-corrected chi connectivity index (χ1v) is 8.59. The van der Waals surface area contributed by atoms with Crippen LogP contribution in [0.4, 0.5) is 10.1 Å². The summed E-state index contributed by atoms with van der Waals surface area (Å²) in [5.74, 6) is -0.716. The van der Waals surface area contributed by atoms with Gasteiger partial charge in [0, 0.05) is 0 Å². The molecule has 122 valence electrons. The van der Waals surface area contributed by atoms with Gasteiger partial charge in [-0.2, -0.15) is 0 Å². The summed E-state index contributed by atoms with van der Waals surface area (Å²) >= 11 is 6.44. The van der Waals surface area contributed by atoms with Crippen LogP contribution in [-0.2, 0) is 4.79 Å². The summed E-state index contributed by atoms with van der Waals surface area (Å²) in [6, 6.07) is 13.3. The number of benzene rings is 2. The number of carbonyl (C=O) groups is 1. The SMILES string of the molecule is O=C1/C(=C/c2cnc3ccccc3n2)SC(=S)N1c1cccc(F)c1. The van der Waals surface area contributed by atoms with Crippen molar-refractivity contribution in [2.75, 3.05) is 4.90 Å². The van der Waals surface area contributed by atoms with Gasteiger partial charge in [-0.3, -0.25) is 14.7 Å². The summed E-state index contributed by atoms with van der Waals surface area (Å²) in [5.41, 5.74) is 2.51. The number of rotatable bonds is 2. The van der Waals surface area contributed by atoms with E-state index in [2.05, 4.69) is 9.97 Å². The second-order valence-corrected chi connectivity index (χ2v) is 6.96. The number of aromatic nitrogens is 2. The van der Waals surface area contributed by atoms with E-state index in [1.54, 1.807) is 24.4 Å². The number of thiocarbonyl (C=S) groups is 1. The highest BCUT2D eigenvalue weighted by Crippen LogP contribution is 2.36. The van der Waals surface area contributed by atoms with Crippen molar-refractivity contribution in [3.63, 3.8) is 0 Å². The lowest BCUT2D eigenvalue weighted by Gasteiger charge is -2.14. The van der Waals surface area contributed by atoms with Crippen molar-refractivity contribution in [2.45, 2.75) is 0 Å².